The van der Waals surface area contributed by atoms with Crippen molar-refractivity contribution in [1.82, 2.24) is 24.1 Å². The number of fused-ring (bicyclic) bond motifs is 1. The van der Waals surface area contributed by atoms with Crippen molar-refractivity contribution in [2.45, 2.75) is 30.8 Å². The van der Waals surface area contributed by atoms with E-state index in [0.29, 0.717) is 12.0 Å². The molecule has 29 heavy (non-hydrogen) atoms. The molecule has 1 aliphatic rings. The summed E-state index contributed by atoms with van der Waals surface area (Å²) in [6, 6.07) is 13.6. The number of pyridine rings is 1. The molecule has 1 N–H and O–H groups in total. The normalized spacial score (nSPS) is 19.9. The van der Waals surface area contributed by atoms with E-state index in [9.17, 15) is 4.39 Å². The van der Waals surface area contributed by atoms with E-state index in [1.807, 2.05) is 18.3 Å². The smallest absolute Gasteiger partial charge is 0.124 e. The van der Waals surface area contributed by atoms with Crippen LogP contribution in [0.2, 0.25) is 0 Å². The van der Waals surface area contributed by atoms with Crippen molar-refractivity contribution in [3.63, 3.8) is 0 Å². The Balaban J connectivity index is 1.30. The lowest BCUT2D eigenvalue weighted by Crippen LogP contribution is -2.19. The highest BCUT2D eigenvalue weighted by molar-refractivity contribution is 7.97. The van der Waals surface area contributed by atoms with Crippen molar-refractivity contribution in [3.05, 3.63) is 66.9 Å². The minimum absolute atomic E-state index is 0.181. The van der Waals surface area contributed by atoms with Gasteiger partial charge in [0.1, 0.15) is 5.82 Å². The van der Waals surface area contributed by atoms with E-state index >= 15 is 0 Å². The van der Waals surface area contributed by atoms with Gasteiger partial charge in [0.15, 0.2) is 0 Å². The number of aromatic amines is 1. The van der Waals surface area contributed by atoms with Crippen molar-refractivity contribution in [1.29, 1.82) is 0 Å². The minimum atomic E-state index is -0.181. The van der Waals surface area contributed by atoms with Gasteiger partial charge in [-0.25, -0.2) is 13.7 Å². The van der Waals surface area contributed by atoms with Crippen molar-refractivity contribution < 1.29 is 4.39 Å². The van der Waals surface area contributed by atoms with Crippen LogP contribution in [0.3, 0.4) is 0 Å². The largest absolute Gasteiger partial charge is 0.346 e. The SMILES string of the molecule is C[C@@H]1C[C@H](Cn2ccc3nc(-c4cn[nH]c4)ccc32)CN1Sc1cccc(F)c1. The van der Waals surface area contributed by atoms with Crippen LogP contribution in [0.15, 0.2) is 66.0 Å². The van der Waals surface area contributed by atoms with Gasteiger partial charge in [0.2, 0.25) is 0 Å². The number of hydrogen-bond acceptors (Lipinski definition) is 4. The van der Waals surface area contributed by atoms with E-state index in [1.165, 1.54) is 6.07 Å². The molecular weight excluding hydrogens is 385 g/mol. The minimum Gasteiger partial charge on any atom is -0.346 e. The summed E-state index contributed by atoms with van der Waals surface area (Å²) in [5, 5.41) is 6.84. The van der Waals surface area contributed by atoms with Crippen LogP contribution in [0.5, 0.6) is 0 Å². The summed E-state index contributed by atoms with van der Waals surface area (Å²) in [5.41, 5.74) is 4.08. The molecule has 4 heterocycles. The fourth-order valence-corrected chi connectivity index (χ4v) is 5.22. The molecule has 0 saturated carbocycles. The van der Waals surface area contributed by atoms with Crippen LogP contribution in [0, 0.1) is 11.7 Å². The third kappa shape index (κ3) is 3.80. The van der Waals surface area contributed by atoms with Crippen LogP contribution in [0.25, 0.3) is 22.3 Å². The van der Waals surface area contributed by atoms with Gasteiger partial charge in [0, 0.05) is 42.0 Å². The Kier molecular flexibility index (Phi) is 4.85. The molecule has 4 aromatic rings. The summed E-state index contributed by atoms with van der Waals surface area (Å²) in [5.74, 6) is 0.370. The summed E-state index contributed by atoms with van der Waals surface area (Å²) in [6.45, 7) is 4.20. The maximum Gasteiger partial charge on any atom is 0.124 e. The van der Waals surface area contributed by atoms with E-state index in [4.69, 9.17) is 4.98 Å². The first-order valence-electron chi connectivity index (χ1n) is 9.81. The molecule has 2 atom stereocenters. The highest BCUT2D eigenvalue weighted by atomic mass is 32.2. The lowest BCUT2D eigenvalue weighted by atomic mass is 10.1. The van der Waals surface area contributed by atoms with Crippen LogP contribution in [0.4, 0.5) is 4.39 Å². The first kappa shape index (κ1) is 18.4. The molecule has 0 radical (unpaired) electrons. The Morgan fingerprint density at radius 2 is 2.17 bits per heavy atom. The number of halogens is 1. The average Bonchev–Trinajstić information content (AvgIpc) is 3.44. The summed E-state index contributed by atoms with van der Waals surface area (Å²) in [4.78, 5) is 5.73. The predicted molar refractivity (Wildman–Crippen MR) is 114 cm³/mol. The van der Waals surface area contributed by atoms with Gasteiger partial charge in [-0.2, -0.15) is 5.10 Å². The number of nitrogens with zero attached hydrogens (tertiary/aromatic N) is 4. The molecule has 0 bridgehead atoms. The number of aromatic nitrogens is 4. The standard InChI is InChI=1S/C22H22FN5S/c1-15-9-16(14-28(15)29-19-4-2-3-18(23)10-19)13-27-8-7-21-22(27)6-5-20(26-21)17-11-24-25-12-17/h2-8,10-12,15-16H,9,13-14H2,1H3,(H,24,25)/t15-,16-/m1/s1. The van der Waals surface area contributed by atoms with E-state index in [1.54, 1.807) is 30.3 Å². The van der Waals surface area contributed by atoms with Gasteiger partial charge in [0.05, 0.1) is 22.9 Å². The van der Waals surface area contributed by atoms with Crippen molar-refractivity contribution >= 4 is 23.0 Å². The Hall–Kier alpha value is -2.64. The molecule has 1 saturated heterocycles. The first-order chi connectivity index (χ1) is 14.2. The Labute approximate surface area is 173 Å². The summed E-state index contributed by atoms with van der Waals surface area (Å²) in [7, 11) is 0. The maximum absolute atomic E-state index is 13.5. The summed E-state index contributed by atoms with van der Waals surface area (Å²) < 4.78 is 18.2. The maximum atomic E-state index is 13.5. The third-order valence-corrected chi connectivity index (χ3v) is 6.70. The number of nitrogens with one attached hydrogen (secondary N) is 1. The third-order valence-electron chi connectivity index (χ3n) is 5.50. The van der Waals surface area contributed by atoms with Gasteiger partial charge in [-0.05, 0) is 67.6 Å². The number of hydrogen-bond donors (Lipinski definition) is 1. The van der Waals surface area contributed by atoms with Crippen LogP contribution in [-0.2, 0) is 6.54 Å². The summed E-state index contributed by atoms with van der Waals surface area (Å²) >= 11 is 1.66. The predicted octanol–water partition coefficient (Wildman–Crippen LogP) is 4.98. The van der Waals surface area contributed by atoms with Gasteiger partial charge in [-0.3, -0.25) is 5.10 Å². The molecule has 5 nitrogen and oxygen atoms in total. The fourth-order valence-electron chi connectivity index (χ4n) is 4.09. The van der Waals surface area contributed by atoms with Crippen LogP contribution >= 0.6 is 11.9 Å². The number of H-pyrrole nitrogens is 1. The highest BCUT2D eigenvalue weighted by Crippen LogP contribution is 2.35. The highest BCUT2D eigenvalue weighted by Gasteiger charge is 2.30. The quantitative estimate of drug-likeness (QED) is 0.474. The zero-order valence-electron chi connectivity index (χ0n) is 16.1. The topological polar surface area (TPSA) is 49.7 Å². The fraction of sp³-hybridized carbons (Fsp3) is 0.273. The van der Waals surface area contributed by atoms with Crippen LogP contribution in [0.1, 0.15) is 13.3 Å². The molecule has 1 aromatic carbocycles. The van der Waals surface area contributed by atoms with Gasteiger partial charge in [0.25, 0.3) is 0 Å². The molecule has 5 rings (SSSR count). The monoisotopic (exact) mass is 407 g/mol. The zero-order chi connectivity index (χ0) is 19.8. The first-order valence-corrected chi connectivity index (χ1v) is 10.6. The average molecular weight is 408 g/mol. The van der Waals surface area contributed by atoms with Crippen molar-refractivity contribution in [2.75, 3.05) is 6.54 Å². The molecule has 0 unspecified atom stereocenters. The molecule has 7 heteroatoms. The number of rotatable bonds is 5. The zero-order valence-corrected chi connectivity index (χ0v) is 16.9. The van der Waals surface area contributed by atoms with Crippen LogP contribution < -0.4 is 0 Å². The van der Waals surface area contributed by atoms with Crippen LogP contribution in [-0.4, -0.2) is 36.6 Å². The molecule has 148 valence electrons. The molecule has 0 aliphatic carbocycles. The number of benzene rings is 1. The second kappa shape index (κ2) is 7.65. The molecular formula is C22H22FN5S. The van der Waals surface area contributed by atoms with Crippen molar-refractivity contribution in [3.8, 4) is 11.3 Å². The van der Waals surface area contributed by atoms with Gasteiger partial charge in [-0.1, -0.05) is 6.07 Å². The van der Waals surface area contributed by atoms with E-state index in [0.717, 1.165) is 46.7 Å². The molecule has 1 aliphatic heterocycles. The molecule has 0 spiro atoms. The van der Waals surface area contributed by atoms with Gasteiger partial charge >= 0.3 is 0 Å². The van der Waals surface area contributed by atoms with Gasteiger partial charge < -0.3 is 4.57 Å². The van der Waals surface area contributed by atoms with E-state index < -0.39 is 0 Å². The second-order valence-corrected chi connectivity index (χ2v) is 8.78. The van der Waals surface area contributed by atoms with Gasteiger partial charge in [-0.15, -0.1) is 0 Å². The van der Waals surface area contributed by atoms with E-state index in [-0.39, 0.29) is 5.82 Å². The van der Waals surface area contributed by atoms with E-state index in [2.05, 4.69) is 44.3 Å². The Bertz CT molecular complexity index is 1120. The Morgan fingerprint density at radius 3 is 3.00 bits per heavy atom. The molecule has 3 aromatic heterocycles. The molecule has 1 fully saturated rings. The lowest BCUT2D eigenvalue weighted by molar-refractivity contribution is 0.450. The molecule has 0 amide bonds. The lowest BCUT2D eigenvalue weighted by Gasteiger charge is -2.19. The summed E-state index contributed by atoms with van der Waals surface area (Å²) in [6.07, 6.45) is 6.90. The Morgan fingerprint density at radius 1 is 1.24 bits per heavy atom. The van der Waals surface area contributed by atoms with Crippen molar-refractivity contribution in [2.24, 2.45) is 5.92 Å². The second-order valence-electron chi connectivity index (χ2n) is 7.66.